The first-order valence-corrected chi connectivity index (χ1v) is 6.00. The van der Waals surface area contributed by atoms with Gasteiger partial charge in [0.15, 0.2) is 5.78 Å². The molecule has 6 heteroatoms. The summed E-state index contributed by atoms with van der Waals surface area (Å²) < 4.78 is 0. The van der Waals surface area contributed by atoms with Crippen LogP contribution in [0.3, 0.4) is 0 Å². The third-order valence-electron chi connectivity index (χ3n) is 2.41. The smallest absolute Gasteiger partial charge is 0.178 e. The zero-order valence-electron chi connectivity index (χ0n) is 8.86. The Morgan fingerprint density at radius 1 is 1.62 bits per heavy atom. The van der Waals surface area contributed by atoms with E-state index in [2.05, 4.69) is 10.6 Å². The molecule has 1 atom stereocenters. The average molecular weight is 262 g/mol. The van der Waals surface area contributed by atoms with Crippen LogP contribution in [0.25, 0.3) is 0 Å². The van der Waals surface area contributed by atoms with Gasteiger partial charge in [-0.2, -0.15) is 0 Å². The standard InChI is InChI=1S/C10H15N3OS.ClH/c11-3-1-4-12-9-6-8(14)10-7(13-9)2-5-15-10;/h2,5,9,12-13H,1,3-4,6,11H2;1H. The van der Waals surface area contributed by atoms with Crippen molar-refractivity contribution in [3.63, 3.8) is 0 Å². The minimum Gasteiger partial charge on any atom is -0.368 e. The summed E-state index contributed by atoms with van der Waals surface area (Å²) in [6.45, 7) is 1.53. The highest BCUT2D eigenvalue weighted by Crippen LogP contribution is 2.28. The number of halogens is 1. The first kappa shape index (κ1) is 13.4. The second-order valence-corrected chi connectivity index (χ2v) is 4.50. The van der Waals surface area contributed by atoms with Crippen LogP contribution >= 0.6 is 23.7 Å². The van der Waals surface area contributed by atoms with Gasteiger partial charge in [-0.15, -0.1) is 23.7 Å². The maximum Gasteiger partial charge on any atom is 0.178 e. The van der Waals surface area contributed by atoms with Gasteiger partial charge in [0.05, 0.1) is 16.7 Å². The van der Waals surface area contributed by atoms with E-state index >= 15 is 0 Å². The van der Waals surface area contributed by atoms with Gasteiger partial charge in [-0.1, -0.05) is 0 Å². The van der Waals surface area contributed by atoms with Crippen LogP contribution in [0.15, 0.2) is 11.4 Å². The van der Waals surface area contributed by atoms with Crippen LogP contribution in [0.1, 0.15) is 22.5 Å². The lowest BCUT2D eigenvalue weighted by Crippen LogP contribution is -2.41. The molecule has 2 rings (SSSR count). The van der Waals surface area contributed by atoms with Gasteiger partial charge in [-0.25, -0.2) is 0 Å². The molecule has 0 saturated carbocycles. The number of rotatable bonds is 4. The summed E-state index contributed by atoms with van der Waals surface area (Å²) in [7, 11) is 0. The van der Waals surface area contributed by atoms with Crippen LogP contribution in [-0.4, -0.2) is 25.0 Å². The van der Waals surface area contributed by atoms with Gasteiger partial charge in [0.2, 0.25) is 0 Å². The number of carbonyl (C=O) groups excluding carboxylic acids is 1. The molecule has 1 aliphatic heterocycles. The van der Waals surface area contributed by atoms with Crippen molar-refractivity contribution in [2.45, 2.75) is 19.0 Å². The molecule has 4 nitrogen and oxygen atoms in total. The number of nitrogens with two attached hydrogens (primary N) is 1. The van der Waals surface area contributed by atoms with Gasteiger partial charge in [0, 0.05) is 6.42 Å². The molecule has 90 valence electrons. The summed E-state index contributed by atoms with van der Waals surface area (Å²) >= 11 is 1.50. The summed E-state index contributed by atoms with van der Waals surface area (Å²) in [5.41, 5.74) is 6.37. The highest BCUT2D eigenvalue weighted by Gasteiger charge is 2.24. The minimum absolute atomic E-state index is 0. The van der Waals surface area contributed by atoms with E-state index in [-0.39, 0.29) is 24.4 Å². The number of hydrogen-bond donors (Lipinski definition) is 3. The molecule has 0 radical (unpaired) electrons. The normalized spacial score (nSPS) is 18.6. The zero-order valence-corrected chi connectivity index (χ0v) is 10.5. The van der Waals surface area contributed by atoms with Gasteiger partial charge < -0.3 is 11.1 Å². The number of Topliss-reactive ketones (excluding diaryl/α,β-unsaturated/α-hetero) is 1. The maximum atomic E-state index is 11.7. The Morgan fingerprint density at radius 3 is 3.19 bits per heavy atom. The summed E-state index contributed by atoms with van der Waals surface area (Å²) in [5.74, 6) is 0.226. The molecule has 0 spiro atoms. The Bertz CT molecular complexity index is 356. The number of nitrogens with one attached hydrogen (secondary N) is 2. The van der Waals surface area contributed by atoms with Crippen LogP contribution < -0.4 is 16.4 Å². The molecule has 0 aliphatic carbocycles. The van der Waals surface area contributed by atoms with Crippen molar-refractivity contribution in [2.24, 2.45) is 5.73 Å². The number of carbonyl (C=O) groups is 1. The maximum absolute atomic E-state index is 11.7. The molecule has 0 aromatic carbocycles. The molecule has 0 saturated heterocycles. The first-order valence-electron chi connectivity index (χ1n) is 5.12. The van der Waals surface area contributed by atoms with E-state index in [0.717, 1.165) is 23.5 Å². The Morgan fingerprint density at radius 2 is 2.44 bits per heavy atom. The van der Waals surface area contributed by atoms with Gasteiger partial charge in [0.25, 0.3) is 0 Å². The average Bonchev–Trinajstić information content (AvgIpc) is 2.66. The molecule has 1 aromatic heterocycles. The number of ketones is 1. The van der Waals surface area contributed by atoms with Gasteiger partial charge in [-0.05, 0) is 31.0 Å². The lowest BCUT2D eigenvalue weighted by Gasteiger charge is -2.24. The van der Waals surface area contributed by atoms with E-state index in [9.17, 15) is 4.79 Å². The van der Waals surface area contributed by atoms with Crippen LogP contribution in [-0.2, 0) is 0 Å². The van der Waals surface area contributed by atoms with Crippen molar-refractivity contribution in [3.8, 4) is 0 Å². The number of anilines is 1. The van der Waals surface area contributed by atoms with E-state index < -0.39 is 0 Å². The topological polar surface area (TPSA) is 67.1 Å². The monoisotopic (exact) mass is 261 g/mol. The molecule has 4 N–H and O–H groups in total. The van der Waals surface area contributed by atoms with Crippen molar-refractivity contribution in [2.75, 3.05) is 18.4 Å². The fourth-order valence-electron chi connectivity index (χ4n) is 1.66. The van der Waals surface area contributed by atoms with Crippen molar-refractivity contribution < 1.29 is 4.79 Å². The summed E-state index contributed by atoms with van der Waals surface area (Å²) in [6.07, 6.45) is 1.52. The Balaban J connectivity index is 0.00000128. The predicted octanol–water partition coefficient (Wildman–Crippen LogP) is 1.43. The van der Waals surface area contributed by atoms with E-state index in [1.54, 1.807) is 0 Å². The molecular weight excluding hydrogens is 246 g/mol. The van der Waals surface area contributed by atoms with Crippen LogP contribution in [0.5, 0.6) is 0 Å². The fraction of sp³-hybridized carbons (Fsp3) is 0.500. The van der Waals surface area contributed by atoms with E-state index in [0.29, 0.717) is 13.0 Å². The van der Waals surface area contributed by atoms with Crippen molar-refractivity contribution in [3.05, 3.63) is 16.3 Å². The molecule has 0 fully saturated rings. The molecule has 16 heavy (non-hydrogen) atoms. The second-order valence-electron chi connectivity index (χ2n) is 3.58. The van der Waals surface area contributed by atoms with Crippen LogP contribution in [0.2, 0.25) is 0 Å². The molecular formula is C10H16ClN3OS. The van der Waals surface area contributed by atoms with E-state index in [4.69, 9.17) is 5.73 Å². The van der Waals surface area contributed by atoms with Crippen molar-refractivity contribution in [1.29, 1.82) is 0 Å². The molecule has 0 amide bonds. The summed E-state index contributed by atoms with van der Waals surface area (Å²) in [6, 6.07) is 1.95. The first-order chi connectivity index (χ1) is 7.31. The number of hydrogen-bond acceptors (Lipinski definition) is 5. The summed E-state index contributed by atoms with van der Waals surface area (Å²) in [4.78, 5) is 12.5. The number of thiophene rings is 1. The minimum atomic E-state index is 0. The van der Waals surface area contributed by atoms with Gasteiger partial charge in [0.1, 0.15) is 0 Å². The van der Waals surface area contributed by atoms with Crippen LogP contribution in [0, 0.1) is 0 Å². The van der Waals surface area contributed by atoms with Crippen LogP contribution in [0.4, 0.5) is 5.69 Å². The fourth-order valence-corrected chi connectivity index (χ4v) is 2.47. The largest absolute Gasteiger partial charge is 0.368 e. The Kier molecular flexibility index (Phi) is 5.21. The Hall–Kier alpha value is -0.620. The summed E-state index contributed by atoms with van der Waals surface area (Å²) in [5, 5.41) is 8.52. The second kappa shape index (κ2) is 6.20. The Labute approximate surface area is 105 Å². The van der Waals surface area contributed by atoms with Crippen molar-refractivity contribution in [1.82, 2.24) is 5.32 Å². The highest BCUT2D eigenvalue weighted by atomic mass is 35.5. The number of fused-ring (bicyclic) bond motifs is 1. The molecule has 1 unspecified atom stereocenters. The predicted molar refractivity (Wildman–Crippen MR) is 69.6 cm³/mol. The molecule has 1 aliphatic rings. The van der Waals surface area contributed by atoms with Gasteiger partial charge >= 0.3 is 0 Å². The van der Waals surface area contributed by atoms with E-state index in [1.807, 2.05) is 11.4 Å². The molecule has 0 bridgehead atoms. The van der Waals surface area contributed by atoms with Crippen molar-refractivity contribution >= 4 is 35.2 Å². The highest BCUT2D eigenvalue weighted by molar-refractivity contribution is 7.12. The molecule has 1 aromatic rings. The third kappa shape index (κ3) is 2.95. The third-order valence-corrected chi connectivity index (χ3v) is 3.36. The SMILES string of the molecule is Cl.NCCCNC1CC(=O)c2sccc2N1. The molecule has 2 heterocycles. The van der Waals surface area contributed by atoms with E-state index in [1.165, 1.54) is 11.3 Å². The quantitative estimate of drug-likeness (QED) is 0.718. The lowest BCUT2D eigenvalue weighted by atomic mass is 10.1. The van der Waals surface area contributed by atoms with Gasteiger partial charge in [-0.3, -0.25) is 10.1 Å². The lowest BCUT2D eigenvalue weighted by molar-refractivity contribution is 0.0972. The zero-order chi connectivity index (χ0) is 10.7.